The van der Waals surface area contributed by atoms with Crippen LogP contribution >= 0.6 is 11.6 Å². The summed E-state index contributed by atoms with van der Waals surface area (Å²) in [6.07, 6.45) is 0.575. The second kappa shape index (κ2) is 6.88. The molecular formula is C12H16ClNO4S. The first kappa shape index (κ1) is 15.9. The van der Waals surface area contributed by atoms with Crippen molar-refractivity contribution in [1.82, 2.24) is 4.31 Å². The number of hydrogen-bond donors (Lipinski definition) is 0. The zero-order valence-electron chi connectivity index (χ0n) is 10.8. The van der Waals surface area contributed by atoms with Gasteiger partial charge in [0.2, 0.25) is 10.0 Å². The number of sulfonamides is 1. The maximum atomic E-state index is 12.2. The number of rotatable bonds is 6. The smallest absolute Gasteiger partial charge is 0.305 e. The molecule has 0 aliphatic heterocycles. The molecule has 0 N–H and O–H groups in total. The van der Waals surface area contributed by atoms with Crippen molar-refractivity contribution in [3.63, 3.8) is 0 Å². The summed E-state index contributed by atoms with van der Waals surface area (Å²) in [4.78, 5) is 11.0. The fourth-order valence-electron chi connectivity index (χ4n) is 1.49. The molecule has 0 atom stereocenters. The van der Waals surface area contributed by atoms with E-state index >= 15 is 0 Å². The Balaban J connectivity index is 2.73. The van der Waals surface area contributed by atoms with Gasteiger partial charge >= 0.3 is 5.97 Å². The summed E-state index contributed by atoms with van der Waals surface area (Å²) in [5.74, 6) is -0.358. The van der Waals surface area contributed by atoms with Crippen molar-refractivity contribution in [3.05, 3.63) is 29.3 Å². The average Bonchev–Trinajstić information content (AvgIpc) is 2.38. The minimum absolute atomic E-state index is 0.0669. The number of esters is 1. The zero-order chi connectivity index (χ0) is 14.5. The van der Waals surface area contributed by atoms with Crippen molar-refractivity contribution in [3.8, 4) is 0 Å². The largest absolute Gasteiger partial charge is 0.469 e. The Hall–Kier alpha value is -1.11. The monoisotopic (exact) mass is 305 g/mol. The third-order valence-electron chi connectivity index (χ3n) is 2.61. The van der Waals surface area contributed by atoms with E-state index in [4.69, 9.17) is 11.6 Å². The molecule has 0 spiro atoms. The van der Waals surface area contributed by atoms with E-state index < -0.39 is 10.0 Å². The lowest BCUT2D eigenvalue weighted by Crippen LogP contribution is -2.28. The van der Waals surface area contributed by atoms with Gasteiger partial charge in [0, 0.05) is 20.0 Å². The summed E-state index contributed by atoms with van der Waals surface area (Å²) in [5.41, 5.74) is 0. The minimum atomic E-state index is -3.63. The normalized spacial score (nSPS) is 11.6. The minimum Gasteiger partial charge on any atom is -0.469 e. The molecule has 0 saturated carbocycles. The van der Waals surface area contributed by atoms with Gasteiger partial charge in [-0.05, 0) is 18.6 Å². The van der Waals surface area contributed by atoms with Gasteiger partial charge in [0.25, 0.3) is 0 Å². The SMILES string of the molecule is COC(=O)CCCN(C)S(=O)(=O)c1ccccc1Cl. The number of ether oxygens (including phenoxy) is 1. The van der Waals surface area contributed by atoms with E-state index in [1.165, 1.54) is 30.6 Å². The van der Waals surface area contributed by atoms with Crippen LogP contribution in [0.4, 0.5) is 0 Å². The Bertz CT molecular complexity index is 544. The van der Waals surface area contributed by atoms with Crippen LogP contribution in [0.2, 0.25) is 5.02 Å². The summed E-state index contributed by atoms with van der Waals surface area (Å²) in [5, 5.41) is 0.183. The predicted molar refractivity (Wildman–Crippen MR) is 72.5 cm³/mol. The highest BCUT2D eigenvalue weighted by atomic mass is 35.5. The zero-order valence-corrected chi connectivity index (χ0v) is 12.4. The van der Waals surface area contributed by atoms with Crippen molar-refractivity contribution in [2.24, 2.45) is 0 Å². The molecule has 7 heteroatoms. The van der Waals surface area contributed by atoms with Crippen LogP contribution in [-0.2, 0) is 19.6 Å². The van der Waals surface area contributed by atoms with E-state index in [1.807, 2.05) is 0 Å². The van der Waals surface area contributed by atoms with Crippen LogP contribution in [0.25, 0.3) is 0 Å². The van der Waals surface area contributed by atoms with E-state index in [0.29, 0.717) is 6.42 Å². The van der Waals surface area contributed by atoms with Crippen molar-refractivity contribution < 1.29 is 17.9 Å². The van der Waals surface area contributed by atoms with Crippen molar-refractivity contribution in [2.45, 2.75) is 17.7 Å². The van der Waals surface area contributed by atoms with Crippen molar-refractivity contribution in [1.29, 1.82) is 0 Å². The second-order valence-electron chi connectivity index (χ2n) is 3.94. The number of hydrogen-bond acceptors (Lipinski definition) is 4. The number of halogens is 1. The number of benzene rings is 1. The summed E-state index contributed by atoms with van der Waals surface area (Å²) in [6, 6.07) is 6.25. The molecule has 0 heterocycles. The van der Waals surface area contributed by atoms with Gasteiger partial charge in [-0.25, -0.2) is 12.7 Å². The maximum absolute atomic E-state index is 12.2. The summed E-state index contributed by atoms with van der Waals surface area (Å²) in [7, 11) is -0.873. The average molecular weight is 306 g/mol. The lowest BCUT2D eigenvalue weighted by Gasteiger charge is -2.17. The summed E-state index contributed by atoms with van der Waals surface area (Å²) < 4.78 is 30.1. The van der Waals surface area contributed by atoms with Gasteiger partial charge in [-0.15, -0.1) is 0 Å². The molecule has 0 bridgehead atoms. The topological polar surface area (TPSA) is 63.7 Å². The molecule has 0 radical (unpaired) electrons. The molecule has 1 aromatic rings. The Morgan fingerprint density at radius 3 is 2.58 bits per heavy atom. The molecule has 0 saturated heterocycles. The van der Waals surface area contributed by atoms with Gasteiger partial charge in [-0.2, -0.15) is 0 Å². The van der Waals surface area contributed by atoms with E-state index in [0.717, 1.165) is 0 Å². The number of nitrogens with zero attached hydrogens (tertiary/aromatic N) is 1. The van der Waals surface area contributed by atoms with Crippen LogP contribution in [0.5, 0.6) is 0 Å². The van der Waals surface area contributed by atoms with Crippen molar-refractivity contribution >= 4 is 27.6 Å². The molecule has 5 nitrogen and oxygen atoms in total. The summed E-state index contributed by atoms with van der Waals surface area (Å²) >= 11 is 5.88. The van der Waals surface area contributed by atoms with Gasteiger partial charge in [-0.3, -0.25) is 4.79 Å². The highest BCUT2D eigenvalue weighted by molar-refractivity contribution is 7.89. The molecule has 0 aromatic heterocycles. The van der Waals surface area contributed by atoms with Crippen LogP contribution < -0.4 is 0 Å². The maximum Gasteiger partial charge on any atom is 0.305 e. The van der Waals surface area contributed by atoms with E-state index in [2.05, 4.69) is 4.74 Å². The van der Waals surface area contributed by atoms with Crippen LogP contribution in [0.3, 0.4) is 0 Å². The van der Waals surface area contributed by atoms with Crippen LogP contribution in [0.1, 0.15) is 12.8 Å². The fourth-order valence-corrected chi connectivity index (χ4v) is 3.19. The van der Waals surface area contributed by atoms with Gasteiger partial charge < -0.3 is 4.74 Å². The van der Waals surface area contributed by atoms with Crippen molar-refractivity contribution in [2.75, 3.05) is 20.7 Å². The standard InChI is InChI=1S/C12H16ClNO4S/c1-14(9-5-8-12(15)18-2)19(16,17)11-7-4-3-6-10(11)13/h3-4,6-7H,5,8-9H2,1-2H3. The van der Waals surface area contributed by atoms with Gasteiger partial charge in [-0.1, -0.05) is 23.7 Å². The third-order valence-corrected chi connectivity index (χ3v) is 4.96. The highest BCUT2D eigenvalue weighted by Crippen LogP contribution is 2.23. The lowest BCUT2D eigenvalue weighted by atomic mass is 10.3. The van der Waals surface area contributed by atoms with E-state index in [-0.39, 0.29) is 28.9 Å². The van der Waals surface area contributed by atoms with Crippen LogP contribution in [0, 0.1) is 0 Å². The highest BCUT2D eigenvalue weighted by Gasteiger charge is 2.22. The number of carbonyl (C=O) groups excluding carboxylic acids is 1. The lowest BCUT2D eigenvalue weighted by molar-refractivity contribution is -0.140. The first-order valence-corrected chi connectivity index (χ1v) is 7.49. The molecule has 1 aromatic carbocycles. The molecular weight excluding hydrogens is 290 g/mol. The quantitative estimate of drug-likeness (QED) is 0.753. The first-order chi connectivity index (χ1) is 8.89. The number of carbonyl (C=O) groups is 1. The van der Waals surface area contributed by atoms with Gasteiger partial charge in [0.05, 0.1) is 12.1 Å². The summed E-state index contributed by atoms with van der Waals surface area (Å²) in [6.45, 7) is 0.225. The second-order valence-corrected chi connectivity index (χ2v) is 6.36. The predicted octanol–water partition coefficient (Wildman–Crippen LogP) is 1.91. The molecule has 0 unspecified atom stereocenters. The Labute approximate surface area is 118 Å². The Morgan fingerprint density at radius 1 is 1.37 bits per heavy atom. The third kappa shape index (κ3) is 4.19. The molecule has 0 fully saturated rings. The molecule has 0 amide bonds. The molecule has 106 valence electrons. The fraction of sp³-hybridized carbons (Fsp3) is 0.417. The number of methoxy groups -OCH3 is 1. The van der Waals surface area contributed by atoms with E-state index in [9.17, 15) is 13.2 Å². The van der Waals surface area contributed by atoms with E-state index in [1.54, 1.807) is 12.1 Å². The molecule has 1 rings (SSSR count). The molecule has 0 aliphatic rings. The first-order valence-electron chi connectivity index (χ1n) is 5.67. The molecule has 0 aliphatic carbocycles. The Morgan fingerprint density at radius 2 is 2.00 bits per heavy atom. The van der Waals surface area contributed by atoms with Gasteiger partial charge in [0.1, 0.15) is 4.90 Å². The van der Waals surface area contributed by atoms with Gasteiger partial charge in [0.15, 0.2) is 0 Å². The van der Waals surface area contributed by atoms with Crippen LogP contribution in [-0.4, -0.2) is 39.4 Å². The molecule has 19 heavy (non-hydrogen) atoms. The van der Waals surface area contributed by atoms with Crippen LogP contribution in [0.15, 0.2) is 29.2 Å². The Kier molecular flexibility index (Phi) is 5.78.